The fourth-order valence-electron chi connectivity index (χ4n) is 2.47. The van der Waals surface area contributed by atoms with Crippen molar-refractivity contribution in [3.63, 3.8) is 0 Å². The molecule has 5 heteroatoms. The third-order valence-corrected chi connectivity index (χ3v) is 3.56. The van der Waals surface area contributed by atoms with Gasteiger partial charge in [0.25, 0.3) is 0 Å². The van der Waals surface area contributed by atoms with Crippen LogP contribution in [0.3, 0.4) is 0 Å². The van der Waals surface area contributed by atoms with Crippen LogP contribution in [0.25, 0.3) is 0 Å². The Kier molecular flexibility index (Phi) is 6.20. The number of aryl methyl sites for hydroxylation is 2. The van der Waals surface area contributed by atoms with E-state index in [1.165, 1.54) is 0 Å². The van der Waals surface area contributed by atoms with Gasteiger partial charge in [-0.1, -0.05) is 31.8 Å². The van der Waals surface area contributed by atoms with Crippen LogP contribution in [0.5, 0.6) is 0 Å². The second kappa shape index (κ2) is 7.43. The van der Waals surface area contributed by atoms with E-state index in [1.807, 2.05) is 20.8 Å². The SMILES string of the molecule is CCCC(O)(CCC)CNC(=O)Cc1c(C)noc1C. The van der Waals surface area contributed by atoms with Crippen molar-refractivity contribution in [3.8, 4) is 0 Å². The van der Waals surface area contributed by atoms with Crippen LogP contribution in [0.15, 0.2) is 4.52 Å². The van der Waals surface area contributed by atoms with Crippen molar-refractivity contribution in [2.45, 2.75) is 65.4 Å². The lowest BCUT2D eigenvalue weighted by Gasteiger charge is -2.27. The summed E-state index contributed by atoms with van der Waals surface area (Å²) in [5.41, 5.74) is 0.782. The van der Waals surface area contributed by atoms with Gasteiger partial charge in [-0.2, -0.15) is 0 Å². The Balaban J connectivity index is 2.54. The Bertz CT molecular complexity index is 415. The number of aliphatic hydroxyl groups is 1. The van der Waals surface area contributed by atoms with Gasteiger partial charge >= 0.3 is 0 Å². The number of nitrogens with zero attached hydrogens (tertiary/aromatic N) is 1. The molecule has 0 atom stereocenters. The Morgan fingerprint density at radius 1 is 1.30 bits per heavy atom. The molecule has 0 radical (unpaired) electrons. The normalized spacial score (nSPS) is 11.7. The Morgan fingerprint density at radius 2 is 1.90 bits per heavy atom. The van der Waals surface area contributed by atoms with E-state index in [-0.39, 0.29) is 12.3 Å². The summed E-state index contributed by atoms with van der Waals surface area (Å²) in [6, 6.07) is 0. The second-order valence-corrected chi connectivity index (χ2v) is 5.48. The minimum atomic E-state index is -0.794. The molecule has 0 spiro atoms. The first-order chi connectivity index (χ1) is 9.41. The first-order valence-corrected chi connectivity index (χ1v) is 7.32. The van der Waals surface area contributed by atoms with Gasteiger partial charge in [0, 0.05) is 12.1 Å². The van der Waals surface area contributed by atoms with E-state index in [0.717, 1.165) is 24.1 Å². The molecular formula is C15H26N2O3. The largest absolute Gasteiger partial charge is 0.388 e. The fourth-order valence-corrected chi connectivity index (χ4v) is 2.47. The van der Waals surface area contributed by atoms with E-state index in [9.17, 15) is 9.90 Å². The molecule has 1 heterocycles. The lowest BCUT2D eigenvalue weighted by Crippen LogP contribution is -2.43. The lowest BCUT2D eigenvalue weighted by molar-refractivity contribution is -0.121. The van der Waals surface area contributed by atoms with E-state index in [4.69, 9.17) is 4.52 Å². The van der Waals surface area contributed by atoms with Gasteiger partial charge in [-0.3, -0.25) is 4.79 Å². The summed E-state index contributed by atoms with van der Waals surface area (Å²) >= 11 is 0. The highest BCUT2D eigenvalue weighted by atomic mass is 16.5. The molecule has 0 aliphatic carbocycles. The molecule has 0 aromatic carbocycles. The van der Waals surface area contributed by atoms with Crippen molar-refractivity contribution >= 4 is 5.91 Å². The van der Waals surface area contributed by atoms with Crippen LogP contribution in [0, 0.1) is 13.8 Å². The van der Waals surface area contributed by atoms with Gasteiger partial charge in [-0.25, -0.2) is 0 Å². The maximum atomic E-state index is 12.0. The molecule has 0 saturated carbocycles. The zero-order valence-corrected chi connectivity index (χ0v) is 13.0. The summed E-state index contributed by atoms with van der Waals surface area (Å²) in [4.78, 5) is 12.0. The van der Waals surface area contributed by atoms with Crippen LogP contribution in [-0.2, 0) is 11.2 Å². The predicted octanol–water partition coefficient (Wildman–Crippen LogP) is 2.28. The number of carbonyl (C=O) groups is 1. The first kappa shape index (κ1) is 16.7. The summed E-state index contributed by atoms with van der Waals surface area (Å²) in [5, 5.41) is 17.1. The third kappa shape index (κ3) is 4.63. The quantitative estimate of drug-likeness (QED) is 0.767. The molecule has 20 heavy (non-hydrogen) atoms. The number of rotatable bonds is 8. The van der Waals surface area contributed by atoms with E-state index in [2.05, 4.69) is 10.5 Å². The minimum Gasteiger partial charge on any atom is -0.388 e. The predicted molar refractivity (Wildman–Crippen MR) is 77.5 cm³/mol. The van der Waals surface area contributed by atoms with E-state index in [0.29, 0.717) is 25.1 Å². The zero-order valence-electron chi connectivity index (χ0n) is 13.0. The molecule has 0 saturated heterocycles. The number of aromatic nitrogens is 1. The maximum Gasteiger partial charge on any atom is 0.224 e. The van der Waals surface area contributed by atoms with Gasteiger partial charge in [0.15, 0.2) is 0 Å². The Morgan fingerprint density at radius 3 is 2.35 bits per heavy atom. The number of carbonyl (C=O) groups excluding carboxylic acids is 1. The topological polar surface area (TPSA) is 75.4 Å². The van der Waals surface area contributed by atoms with Crippen LogP contribution in [-0.4, -0.2) is 28.3 Å². The summed E-state index contributed by atoms with van der Waals surface area (Å²) in [6.45, 7) is 7.99. The highest BCUT2D eigenvalue weighted by Gasteiger charge is 2.25. The van der Waals surface area contributed by atoms with Crippen molar-refractivity contribution in [3.05, 3.63) is 17.0 Å². The summed E-state index contributed by atoms with van der Waals surface area (Å²) in [5.74, 6) is 0.569. The van der Waals surface area contributed by atoms with Crippen LogP contribution in [0.1, 0.15) is 56.5 Å². The third-order valence-electron chi connectivity index (χ3n) is 3.56. The van der Waals surface area contributed by atoms with Crippen molar-refractivity contribution in [2.24, 2.45) is 0 Å². The van der Waals surface area contributed by atoms with Crippen molar-refractivity contribution in [2.75, 3.05) is 6.54 Å². The second-order valence-electron chi connectivity index (χ2n) is 5.48. The van der Waals surface area contributed by atoms with Crippen molar-refractivity contribution in [1.82, 2.24) is 10.5 Å². The minimum absolute atomic E-state index is 0.106. The average Bonchev–Trinajstić information content (AvgIpc) is 2.69. The molecular weight excluding hydrogens is 256 g/mol. The van der Waals surface area contributed by atoms with E-state index < -0.39 is 5.60 Å². The molecule has 1 rings (SSSR count). The lowest BCUT2D eigenvalue weighted by atomic mass is 9.92. The van der Waals surface area contributed by atoms with Crippen molar-refractivity contribution in [1.29, 1.82) is 0 Å². The summed E-state index contributed by atoms with van der Waals surface area (Å²) in [7, 11) is 0. The number of hydrogen-bond donors (Lipinski definition) is 2. The van der Waals surface area contributed by atoms with Gasteiger partial charge in [-0.15, -0.1) is 0 Å². The highest BCUT2D eigenvalue weighted by molar-refractivity contribution is 5.79. The molecule has 2 N–H and O–H groups in total. The average molecular weight is 282 g/mol. The summed E-state index contributed by atoms with van der Waals surface area (Å²) in [6.07, 6.45) is 3.45. The van der Waals surface area contributed by atoms with Gasteiger partial charge < -0.3 is 14.9 Å². The zero-order chi connectivity index (χ0) is 15.2. The number of hydrogen-bond acceptors (Lipinski definition) is 4. The van der Waals surface area contributed by atoms with Gasteiger partial charge in [-0.05, 0) is 26.7 Å². The van der Waals surface area contributed by atoms with Crippen LogP contribution >= 0.6 is 0 Å². The van der Waals surface area contributed by atoms with Crippen LogP contribution < -0.4 is 5.32 Å². The van der Waals surface area contributed by atoms with Gasteiger partial charge in [0.1, 0.15) is 5.76 Å². The molecule has 0 unspecified atom stereocenters. The number of amides is 1. The molecule has 0 bridgehead atoms. The summed E-state index contributed by atoms with van der Waals surface area (Å²) < 4.78 is 5.04. The Labute approximate surface area is 120 Å². The Hall–Kier alpha value is -1.36. The standard InChI is InChI=1S/C15H26N2O3/c1-5-7-15(19,8-6-2)10-16-14(18)9-13-11(3)17-20-12(13)4/h19H,5-10H2,1-4H3,(H,16,18). The van der Waals surface area contributed by atoms with Crippen molar-refractivity contribution < 1.29 is 14.4 Å². The molecule has 1 amide bonds. The molecule has 0 aliphatic heterocycles. The molecule has 0 fully saturated rings. The molecule has 114 valence electrons. The first-order valence-electron chi connectivity index (χ1n) is 7.32. The molecule has 5 nitrogen and oxygen atoms in total. The molecule has 1 aromatic rings. The van der Waals surface area contributed by atoms with Gasteiger partial charge in [0.2, 0.25) is 5.91 Å². The fraction of sp³-hybridized carbons (Fsp3) is 0.733. The smallest absolute Gasteiger partial charge is 0.224 e. The van der Waals surface area contributed by atoms with Crippen LogP contribution in [0.4, 0.5) is 0 Å². The molecule has 0 aliphatic rings. The highest BCUT2D eigenvalue weighted by Crippen LogP contribution is 2.19. The van der Waals surface area contributed by atoms with Crippen LogP contribution in [0.2, 0.25) is 0 Å². The van der Waals surface area contributed by atoms with E-state index in [1.54, 1.807) is 6.92 Å². The van der Waals surface area contributed by atoms with Gasteiger partial charge in [0.05, 0.1) is 17.7 Å². The monoisotopic (exact) mass is 282 g/mol. The molecule has 1 aromatic heterocycles. The number of nitrogens with one attached hydrogen (secondary N) is 1. The van der Waals surface area contributed by atoms with E-state index >= 15 is 0 Å². The maximum absolute atomic E-state index is 12.0.